The van der Waals surface area contributed by atoms with E-state index in [0.717, 1.165) is 38.5 Å². The summed E-state index contributed by atoms with van der Waals surface area (Å²) in [6.07, 6.45) is 1.78. The van der Waals surface area contributed by atoms with Crippen LogP contribution in [0.4, 0.5) is 11.4 Å². The summed E-state index contributed by atoms with van der Waals surface area (Å²) >= 11 is 0. The molecule has 2 N–H and O–H groups in total. The van der Waals surface area contributed by atoms with Gasteiger partial charge in [0.2, 0.25) is 0 Å². The van der Waals surface area contributed by atoms with E-state index in [9.17, 15) is 20.0 Å². The van der Waals surface area contributed by atoms with Crippen molar-refractivity contribution in [2.24, 2.45) is 0 Å². The first-order valence-corrected chi connectivity index (χ1v) is 8.57. The Kier molecular flexibility index (Phi) is 5.48. The molecule has 0 spiro atoms. The van der Waals surface area contributed by atoms with Gasteiger partial charge in [-0.3, -0.25) is 15.0 Å². The molecule has 7 nitrogen and oxygen atoms in total. The van der Waals surface area contributed by atoms with Crippen LogP contribution in [0, 0.1) is 10.1 Å². The molecule has 0 radical (unpaired) electrons. The molecule has 0 unspecified atom stereocenters. The zero-order valence-corrected chi connectivity index (χ0v) is 14.3. The van der Waals surface area contributed by atoms with Gasteiger partial charge in [-0.05, 0) is 24.5 Å². The fourth-order valence-electron chi connectivity index (χ4n) is 3.25. The first-order valence-electron chi connectivity index (χ1n) is 8.57. The van der Waals surface area contributed by atoms with E-state index in [1.807, 2.05) is 18.2 Å². The fraction of sp³-hybridized carbons (Fsp3) is 0.316. The molecule has 0 aliphatic carbocycles. The molecule has 1 heterocycles. The summed E-state index contributed by atoms with van der Waals surface area (Å²) in [6, 6.07) is 14.4. The van der Waals surface area contributed by atoms with E-state index in [1.54, 1.807) is 0 Å². The molecular formula is C19H21N3O4. The summed E-state index contributed by atoms with van der Waals surface area (Å²) in [4.78, 5) is 24.1. The molecule has 0 aromatic heterocycles. The second kappa shape index (κ2) is 7.97. The van der Waals surface area contributed by atoms with E-state index in [-0.39, 0.29) is 17.3 Å². The minimum absolute atomic E-state index is 0.0640. The van der Waals surface area contributed by atoms with Crippen molar-refractivity contribution in [3.8, 4) is 0 Å². The van der Waals surface area contributed by atoms with Crippen LogP contribution in [0.15, 0.2) is 48.5 Å². The average Bonchev–Trinajstić information content (AvgIpc) is 2.64. The summed E-state index contributed by atoms with van der Waals surface area (Å²) < 4.78 is 0. The number of hydrogen-bond donors (Lipinski definition) is 2. The van der Waals surface area contributed by atoms with Crippen molar-refractivity contribution in [2.45, 2.75) is 25.4 Å². The Hall–Kier alpha value is -2.93. The number of nitro groups is 1. The van der Waals surface area contributed by atoms with Crippen LogP contribution in [-0.4, -0.2) is 40.0 Å². The molecular weight excluding hydrogens is 334 g/mol. The lowest BCUT2D eigenvalue weighted by molar-refractivity contribution is -0.384. The van der Waals surface area contributed by atoms with Crippen molar-refractivity contribution in [3.63, 3.8) is 0 Å². The minimum Gasteiger partial charge on any atom is -0.478 e. The summed E-state index contributed by atoms with van der Waals surface area (Å²) in [5.74, 6) is -1.17. The predicted octanol–water partition coefficient (Wildman–Crippen LogP) is 3.37. The summed E-state index contributed by atoms with van der Waals surface area (Å²) in [7, 11) is 0. The number of carbonyl (C=O) groups is 1. The van der Waals surface area contributed by atoms with Crippen LogP contribution in [0.5, 0.6) is 0 Å². The van der Waals surface area contributed by atoms with Gasteiger partial charge in [0.15, 0.2) is 0 Å². The number of carboxylic acid groups (broad SMARTS) is 1. The van der Waals surface area contributed by atoms with Crippen LogP contribution >= 0.6 is 0 Å². The number of carboxylic acids is 1. The number of piperidine rings is 1. The number of aromatic carboxylic acids is 1. The zero-order valence-electron chi connectivity index (χ0n) is 14.3. The van der Waals surface area contributed by atoms with Crippen LogP contribution in [0.1, 0.15) is 28.8 Å². The van der Waals surface area contributed by atoms with Gasteiger partial charge in [0.25, 0.3) is 5.69 Å². The van der Waals surface area contributed by atoms with Crippen LogP contribution < -0.4 is 5.32 Å². The first kappa shape index (κ1) is 17.9. The Morgan fingerprint density at radius 3 is 2.50 bits per heavy atom. The monoisotopic (exact) mass is 355 g/mol. The normalized spacial score (nSPS) is 15.5. The first-order chi connectivity index (χ1) is 12.5. The largest absolute Gasteiger partial charge is 0.478 e. The van der Waals surface area contributed by atoms with E-state index in [0.29, 0.717) is 5.69 Å². The third kappa shape index (κ3) is 4.37. The molecule has 1 saturated heterocycles. The van der Waals surface area contributed by atoms with E-state index < -0.39 is 10.9 Å². The summed E-state index contributed by atoms with van der Waals surface area (Å²) in [6.45, 7) is 2.75. The van der Waals surface area contributed by atoms with Gasteiger partial charge in [-0.1, -0.05) is 30.3 Å². The molecule has 0 amide bonds. The van der Waals surface area contributed by atoms with Crippen LogP contribution in [0.3, 0.4) is 0 Å². The van der Waals surface area contributed by atoms with Gasteiger partial charge in [0.05, 0.1) is 10.5 Å². The minimum atomic E-state index is -1.17. The Bertz CT molecular complexity index is 787. The molecule has 1 fully saturated rings. The van der Waals surface area contributed by atoms with Crippen molar-refractivity contribution in [2.75, 3.05) is 18.4 Å². The van der Waals surface area contributed by atoms with E-state index >= 15 is 0 Å². The maximum absolute atomic E-state index is 11.4. The lowest BCUT2D eigenvalue weighted by Crippen LogP contribution is -2.38. The molecule has 136 valence electrons. The molecule has 0 saturated carbocycles. The lowest BCUT2D eigenvalue weighted by Gasteiger charge is -2.33. The van der Waals surface area contributed by atoms with Crippen LogP contribution in [-0.2, 0) is 6.54 Å². The van der Waals surface area contributed by atoms with Gasteiger partial charge < -0.3 is 10.4 Å². The van der Waals surface area contributed by atoms with E-state index in [1.165, 1.54) is 17.7 Å². The highest BCUT2D eigenvalue weighted by Crippen LogP contribution is 2.25. The molecule has 1 aliphatic heterocycles. The van der Waals surface area contributed by atoms with E-state index in [4.69, 9.17) is 0 Å². The third-order valence-electron chi connectivity index (χ3n) is 4.64. The van der Waals surface area contributed by atoms with Gasteiger partial charge in [0, 0.05) is 43.5 Å². The number of hydrogen-bond acceptors (Lipinski definition) is 5. The maximum Gasteiger partial charge on any atom is 0.338 e. The molecule has 2 aromatic carbocycles. The Labute approximate surface area is 151 Å². The molecule has 3 rings (SSSR count). The average molecular weight is 355 g/mol. The van der Waals surface area contributed by atoms with Crippen molar-refractivity contribution in [1.29, 1.82) is 0 Å². The molecule has 1 aliphatic rings. The van der Waals surface area contributed by atoms with Gasteiger partial charge >= 0.3 is 5.97 Å². The number of nitro benzene ring substituents is 1. The molecule has 2 aromatic rings. The van der Waals surface area contributed by atoms with E-state index in [2.05, 4.69) is 22.3 Å². The predicted molar refractivity (Wildman–Crippen MR) is 98.4 cm³/mol. The number of likely N-dealkylation sites (tertiary alicyclic amines) is 1. The highest BCUT2D eigenvalue weighted by molar-refractivity contribution is 5.95. The Morgan fingerprint density at radius 2 is 1.88 bits per heavy atom. The van der Waals surface area contributed by atoms with Gasteiger partial charge in [-0.25, -0.2) is 4.79 Å². The van der Waals surface area contributed by atoms with Crippen molar-refractivity contribution in [3.05, 3.63) is 69.8 Å². The number of nitrogens with one attached hydrogen (secondary N) is 1. The highest BCUT2D eigenvalue weighted by atomic mass is 16.6. The number of non-ortho nitro benzene ring substituents is 1. The second-order valence-electron chi connectivity index (χ2n) is 6.47. The zero-order chi connectivity index (χ0) is 18.5. The smallest absolute Gasteiger partial charge is 0.338 e. The molecule has 26 heavy (non-hydrogen) atoms. The number of rotatable bonds is 6. The van der Waals surface area contributed by atoms with Gasteiger partial charge in [-0.2, -0.15) is 0 Å². The molecule has 7 heteroatoms. The SMILES string of the molecule is O=C(O)c1cc([N+](=O)[O-])ccc1NC1CCN(Cc2ccccc2)CC1. The standard InChI is InChI=1S/C19H21N3O4/c23-19(24)17-12-16(22(25)26)6-7-18(17)20-15-8-10-21(11-9-15)13-14-4-2-1-3-5-14/h1-7,12,15,20H,8-11,13H2,(H,23,24). The summed E-state index contributed by atoms with van der Waals surface area (Å²) in [5.41, 5.74) is 1.43. The number of anilines is 1. The maximum atomic E-state index is 11.4. The lowest BCUT2D eigenvalue weighted by atomic mass is 10.0. The molecule has 0 bridgehead atoms. The van der Waals surface area contributed by atoms with Gasteiger partial charge in [0.1, 0.15) is 0 Å². The number of nitrogens with zero attached hydrogens (tertiary/aromatic N) is 2. The number of benzene rings is 2. The van der Waals surface area contributed by atoms with Crippen molar-refractivity contribution < 1.29 is 14.8 Å². The van der Waals surface area contributed by atoms with Crippen LogP contribution in [0.25, 0.3) is 0 Å². The fourth-order valence-corrected chi connectivity index (χ4v) is 3.25. The van der Waals surface area contributed by atoms with Crippen molar-refractivity contribution >= 4 is 17.3 Å². The van der Waals surface area contributed by atoms with Crippen LogP contribution in [0.2, 0.25) is 0 Å². The topological polar surface area (TPSA) is 95.7 Å². The highest BCUT2D eigenvalue weighted by Gasteiger charge is 2.22. The Balaban J connectivity index is 1.61. The second-order valence-corrected chi connectivity index (χ2v) is 6.47. The quantitative estimate of drug-likeness (QED) is 0.609. The third-order valence-corrected chi connectivity index (χ3v) is 4.64. The molecule has 0 atom stereocenters. The summed E-state index contributed by atoms with van der Waals surface area (Å²) in [5, 5.41) is 23.4. The Morgan fingerprint density at radius 1 is 1.19 bits per heavy atom. The van der Waals surface area contributed by atoms with Crippen molar-refractivity contribution in [1.82, 2.24) is 4.90 Å². The van der Waals surface area contributed by atoms with Gasteiger partial charge in [-0.15, -0.1) is 0 Å².